The summed E-state index contributed by atoms with van der Waals surface area (Å²) in [6, 6.07) is -0.696. The molecule has 2 atom stereocenters. The van der Waals surface area contributed by atoms with Crippen molar-refractivity contribution in [2.75, 3.05) is 11.9 Å². The third-order valence-corrected chi connectivity index (χ3v) is 4.91. The maximum Gasteiger partial charge on any atom is 0.445 e. The van der Waals surface area contributed by atoms with Crippen LogP contribution in [-0.4, -0.2) is 33.5 Å². The number of carbonyl (C=O) groups is 1. The van der Waals surface area contributed by atoms with E-state index < -0.39 is 22.8 Å². The zero-order chi connectivity index (χ0) is 18.2. The molecule has 1 saturated carbocycles. The number of aliphatic hydroxyl groups is 1. The number of carbonyl (C=O) groups excluding carboxylic acids is 1. The Morgan fingerprint density at radius 3 is 2.54 bits per heavy atom. The van der Waals surface area contributed by atoms with Crippen molar-refractivity contribution in [3.8, 4) is 0 Å². The van der Waals surface area contributed by atoms with Crippen molar-refractivity contribution in [2.45, 2.75) is 51.7 Å². The van der Waals surface area contributed by atoms with Gasteiger partial charge in [0.25, 0.3) is 0 Å². The number of aliphatic hydroxyl groups excluding tert-OH is 1. The predicted octanol–water partition coefficient (Wildman–Crippen LogP) is 3.26. The van der Waals surface area contributed by atoms with E-state index in [4.69, 9.17) is 0 Å². The summed E-state index contributed by atoms with van der Waals surface area (Å²) in [6.45, 7) is 5.93. The number of anilines is 1. The Labute approximate surface area is 141 Å². The SMILES string of the molecule is C[C@@H]1CC(C)(C)C[C@@](CO)(NC(=O)Nc2nnc(C(F)(F)F)s2)C1. The summed E-state index contributed by atoms with van der Waals surface area (Å²) in [5, 5.41) is 19.8. The number of nitrogens with one attached hydrogen (secondary N) is 2. The maximum absolute atomic E-state index is 12.5. The minimum atomic E-state index is -4.59. The lowest BCUT2D eigenvalue weighted by Crippen LogP contribution is -2.58. The maximum atomic E-state index is 12.5. The zero-order valence-electron chi connectivity index (χ0n) is 13.7. The van der Waals surface area contributed by atoms with E-state index in [1.165, 1.54) is 0 Å². The molecule has 1 aliphatic rings. The molecule has 1 aliphatic carbocycles. The normalized spacial score (nSPS) is 26.9. The van der Waals surface area contributed by atoms with Crippen LogP contribution in [0.4, 0.5) is 23.1 Å². The molecule has 1 heterocycles. The number of nitrogens with zero attached hydrogens (tertiary/aromatic N) is 2. The highest BCUT2D eigenvalue weighted by Crippen LogP contribution is 2.43. The van der Waals surface area contributed by atoms with E-state index >= 15 is 0 Å². The Bertz CT molecular complexity index is 605. The van der Waals surface area contributed by atoms with Gasteiger partial charge in [-0.05, 0) is 30.6 Å². The lowest BCUT2D eigenvalue weighted by atomic mass is 9.64. The second-order valence-electron chi connectivity index (χ2n) is 7.28. The summed E-state index contributed by atoms with van der Waals surface area (Å²) >= 11 is 0.255. The molecule has 1 aromatic heterocycles. The highest BCUT2D eigenvalue weighted by molar-refractivity contribution is 7.15. The van der Waals surface area contributed by atoms with Crippen LogP contribution < -0.4 is 10.6 Å². The van der Waals surface area contributed by atoms with Crippen LogP contribution in [-0.2, 0) is 6.18 Å². The van der Waals surface area contributed by atoms with Gasteiger partial charge in [0.15, 0.2) is 0 Å². The van der Waals surface area contributed by atoms with Gasteiger partial charge in [-0.15, -0.1) is 10.2 Å². The Hall–Kier alpha value is -1.42. The zero-order valence-corrected chi connectivity index (χ0v) is 14.5. The molecule has 0 radical (unpaired) electrons. The second-order valence-corrected chi connectivity index (χ2v) is 8.26. The molecule has 0 spiro atoms. The van der Waals surface area contributed by atoms with E-state index in [1.807, 2.05) is 6.92 Å². The van der Waals surface area contributed by atoms with Crippen molar-refractivity contribution in [3.63, 3.8) is 0 Å². The van der Waals surface area contributed by atoms with E-state index in [2.05, 4.69) is 34.7 Å². The molecule has 136 valence electrons. The largest absolute Gasteiger partial charge is 0.445 e. The second kappa shape index (κ2) is 6.47. The number of amides is 2. The van der Waals surface area contributed by atoms with Gasteiger partial charge in [0.2, 0.25) is 10.1 Å². The average molecular weight is 366 g/mol. The fourth-order valence-electron chi connectivity index (χ4n) is 3.76. The van der Waals surface area contributed by atoms with Gasteiger partial charge in [0, 0.05) is 0 Å². The number of alkyl halides is 3. The summed E-state index contributed by atoms with van der Waals surface area (Å²) in [5.74, 6) is 0.305. The van der Waals surface area contributed by atoms with Crippen LogP contribution in [0.25, 0.3) is 0 Å². The highest BCUT2D eigenvalue weighted by atomic mass is 32.1. The Morgan fingerprint density at radius 1 is 1.38 bits per heavy atom. The quantitative estimate of drug-likeness (QED) is 0.766. The summed E-state index contributed by atoms with van der Waals surface area (Å²) < 4.78 is 37.5. The van der Waals surface area contributed by atoms with E-state index in [9.17, 15) is 23.1 Å². The lowest BCUT2D eigenvalue weighted by molar-refractivity contribution is -0.138. The van der Waals surface area contributed by atoms with Gasteiger partial charge in [0.1, 0.15) is 0 Å². The van der Waals surface area contributed by atoms with Gasteiger partial charge in [0.05, 0.1) is 12.1 Å². The van der Waals surface area contributed by atoms with E-state index in [-0.39, 0.29) is 28.5 Å². The van der Waals surface area contributed by atoms with Crippen molar-refractivity contribution in [1.29, 1.82) is 0 Å². The molecule has 1 aromatic rings. The van der Waals surface area contributed by atoms with Crippen molar-refractivity contribution in [3.05, 3.63) is 5.01 Å². The lowest BCUT2D eigenvalue weighted by Gasteiger charge is -2.47. The number of halogens is 3. The molecule has 0 bridgehead atoms. The first-order valence-electron chi connectivity index (χ1n) is 7.55. The minimum absolute atomic E-state index is 0.0557. The van der Waals surface area contributed by atoms with Crippen LogP contribution in [0.2, 0.25) is 0 Å². The highest BCUT2D eigenvalue weighted by Gasteiger charge is 2.43. The predicted molar refractivity (Wildman–Crippen MR) is 83.7 cm³/mol. The van der Waals surface area contributed by atoms with Gasteiger partial charge >= 0.3 is 12.2 Å². The molecule has 0 aliphatic heterocycles. The Morgan fingerprint density at radius 2 is 2.04 bits per heavy atom. The monoisotopic (exact) mass is 366 g/mol. The van der Waals surface area contributed by atoms with Gasteiger partial charge in [-0.3, -0.25) is 5.32 Å². The number of aromatic nitrogens is 2. The molecule has 0 aromatic carbocycles. The fourth-order valence-corrected chi connectivity index (χ4v) is 4.36. The summed E-state index contributed by atoms with van der Waals surface area (Å²) in [5.41, 5.74) is -0.858. The Balaban J connectivity index is 2.06. The molecule has 24 heavy (non-hydrogen) atoms. The molecule has 2 amide bonds. The van der Waals surface area contributed by atoms with E-state index in [0.717, 1.165) is 6.42 Å². The molecule has 0 saturated heterocycles. The van der Waals surface area contributed by atoms with E-state index in [0.29, 0.717) is 18.8 Å². The summed E-state index contributed by atoms with van der Waals surface area (Å²) in [6.07, 6.45) is -2.44. The smallest absolute Gasteiger partial charge is 0.394 e. The average Bonchev–Trinajstić information content (AvgIpc) is 2.84. The molecular weight excluding hydrogens is 345 g/mol. The fraction of sp³-hybridized carbons (Fsp3) is 0.786. The third-order valence-electron chi connectivity index (χ3n) is 4.03. The van der Waals surface area contributed by atoms with Gasteiger partial charge < -0.3 is 10.4 Å². The standard InChI is InChI=1S/C14H21F3N4O2S/c1-8-4-12(2,3)6-13(5-8,7-22)19-10(23)18-11-21-20-9(24-11)14(15,16)17/h8,22H,4-7H2,1-3H3,(H2,18,19,21,23)/t8-,13+/m1/s1. The van der Waals surface area contributed by atoms with Gasteiger partial charge in [-0.1, -0.05) is 32.1 Å². The van der Waals surface area contributed by atoms with Crippen LogP contribution in [0.15, 0.2) is 0 Å². The molecule has 0 unspecified atom stereocenters. The van der Waals surface area contributed by atoms with Gasteiger partial charge in [-0.2, -0.15) is 13.2 Å². The number of urea groups is 1. The van der Waals surface area contributed by atoms with Crippen molar-refractivity contribution < 1.29 is 23.1 Å². The first-order valence-corrected chi connectivity index (χ1v) is 8.37. The first kappa shape index (κ1) is 18.9. The number of hydrogen-bond donors (Lipinski definition) is 3. The van der Waals surface area contributed by atoms with Gasteiger partial charge in [-0.25, -0.2) is 4.79 Å². The summed E-state index contributed by atoms with van der Waals surface area (Å²) in [4.78, 5) is 12.1. The molecule has 2 rings (SSSR count). The summed E-state index contributed by atoms with van der Waals surface area (Å²) in [7, 11) is 0. The van der Waals surface area contributed by atoms with Crippen molar-refractivity contribution >= 4 is 22.5 Å². The number of rotatable bonds is 3. The molecule has 6 nitrogen and oxygen atoms in total. The van der Waals surface area contributed by atoms with Crippen molar-refractivity contribution in [2.24, 2.45) is 11.3 Å². The topological polar surface area (TPSA) is 87.1 Å². The Kier molecular flexibility index (Phi) is 5.10. The van der Waals surface area contributed by atoms with Crippen LogP contribution in [0.5, 0.6) is 0 Å². The molecular formula is C14H21F3N4O2S. The van der Waals surface area contributed by atoms with E-state index in [1.54, 1.807) is 0 Å². The van der Waals surface area contributed by atoms with Crippen LogP contribution in [0.1, 0.15) is 45.0 Å². The first-order chi connectivity index (χ1) is 10.9. The minimum Gasteiger partial charge on any atom is -0.394 e. The molecule has 1 fully saturated rings. The van der Waals surface area contributed by atoms with Crippen LogP contribution >= 0.6 is 11.3 Å². The number of hydrogen-bond acceptors (Lipinski definition) is 5. The van der Waals surface area contributed by atoms with Crippen LogP contribution in [0.3, 0.4) is 0 Å². The van der Waals surface area contributed by atoms with Crippen molar-refractivity contribution in [1.82, 2.24) is 15.5 Å². The third kappa shape index (κ3) is 4.56. The molecule has 3 N–H and O–H groups in total. The van der Waals surface area contributed by atoms with Crippen LogP contribution in [0, 0.1) is 11.3 Å². The molecule has 10 heteroatoms.